The van der Waals surface area contributed by atoms with Gasteiger partial charge in [-0.2, -0.15) is 13.2 Å². The van der Waals surface area contributed by atoms with E-state index in [2.05, 4.69) is 4.98 Å². The second-order valence-electron chi connectivity index (χ2n) is 3.63. The lowest BCUT2D eigenvalue weighted by atomic mass is 10.1. The lowest BCUT2D eigenvalue weighted by Gasteiger charge is -2.09. The minimum atomic E-state index is -4.42. The van der Waals surface area contributed by atoms with Gasteiger partial charge in [-0.3, -0.25) is 9.78 Å². The molecule has 0 aliphatic carbocycles. The average molecular weight is 255 g/mol. The van der Waals surface area contributed by atoms with Crippen LogP contribution in [0, 0.1) is 0 Å². The zero-order valence-corrected chi connectivity index (χ0v) is 9.28. The molecule has 0 N–H and O–H groups in total. The molecule has 2 aromatic rings. The topological polar surface area (TPSA) is 39.2 Å². The van der Waals surface area contributed by atoms with Crippen LogP contribution in [0.5, 0.6) is 5.75 Å². The van der Waals surface area contributed by atoms with Crippen LogP contribution in [0.1, 0.15) is 12.5 Å². The Balaban J connectivity index is 2.57. The molecule has 2 rings (SSSR count). The molecule has 0 saturated heterocycles. The number of hydrogen-bond donors (Lipinski definition) is 0. The number of alkyl halides is 3. The van der Waals surface area contributed by atoms with Crippen molar-refractivity contribution in [3.63, 3.8) is 0 Å². The van der Waals surface area contributed by atoms with E-state index in [0.717, 1.165) is 12.1 Å². The molecule has 0 bridgehead atoms. The van der Waals surface area contributed by atoms with Gasteiger partial charge in [0.05, 0.1) is 11.1 Å². The predicted octanol–water partition coefficient (Wildman–Crippen LogP) is 3.18. The highest BCUT2D eigenvalue weighted by atomic mass is 19.4. The largest absolute Gasteiger partial charge is 0.426 e. The summed E-state index contributed by atoms with van der Waals surface area (Å²) in [6.45, 7) is 1.22. The van der Waals surface area contributed by atoms with Crippen molar-refractivity contribution in [1.29, 1.82) is 0 Å². The van der Waals surface area contributed by atoms with Crippen LogP contribution < -0.4 is 4.74 Å². The highest BCUT2D eigenvalue weighted by Crippen LogP contribution is 2.33. The molecule has 0 radical (unpaired) electrons. The van der Waals surface area contributed by atoms with Crippen molar-refractivity contribution in [3.8, 4) is 5.75 Å². The lowest BCUT2D eigenvalue weighted by Crippen LogP contribution is -2.05. The van der Waals surface area contributed by atoms with Crippen molar-refractivity contribution >= 4 is 16.9 Å². The molecule has 1 heterocycles. The third-order valence-electron chi connectivity index (χ3n) is 2.28. The van der Waals surface area contributed by atoms with Gasteiger partial charge in [-0.25, -0.2) is 0 Å². The van der Waals surface area contributed by atoms with Crippen molar-refractivity contribution in [1.82, 2.24) is 4.98 Å². The number of esters is 1. The Morgan fingerprint density at radius 1 is 1.28 bits per heavy atom. The van der Waals surface area contributed by atoms with Gasteiger partial charge >= 0.3 is 12.1 Å². The molecule has 0 unspecified atom stereocenters. The van der Waals surface area contributed by atoms with E-state index in [4.69, 9.17) is 4.74 Å². The van der Waals surface area contributed by atoms with Gasteiger partial charge in [0.2, 0.25) is 0 Å². The van der Waals surface area contributed by atoms with Crippen LogP contribution in [-0.4, -0.2) is 11.0 Å². The van der Waals surface area contributed by atoms with Gasteiger partial charge in [0.15, 0.2) is 0 Å². The van der Waals surface area contributed by atoms with Gasteiger partial charge in [0.1, 0.15) is 5.75 Å². The van der Waals surface area contributed by atoms with Gasteiger partial charge < -0.3 is 4.74 Å². The number of carbonyl (C=O) groups excluding carboxylic acids is 1. The lowest BCUT2D eigenvalue weighted by molar-refractivity contribution is -0.137. The molecule has 0 aliphatic rings. The molecular weight excluding hydrogens is 247 g/mol. The molecule has 1 aromatic heterocycles. The minimum absolute atomic E-state index is 0.128. The predicted molar refractivity (Wildman–Crippen MR) is 58.1 cm³/mol. The van der Waals surface area contributed by atoms with E-state index < -0.39 is 17.7 Å². The third kappa shape index (κ3) is 2.42. The summed E-state index contributed by atoms with van der Waals surface area (Å²) >= 11 is 0. The van der Waals surface area contributed by atoms with Crippen LogP contribution in [0.2, 0.25) is 0 Å². The summed E-state index contributed by atoms with van der Waals surface area (Å²) in [4.78, 5) is 14.7. The number of carbonyl (C=O) groups is 1. The SMILES string of the molecule is CC(=O)Oc1ccnc2cc(C(F)(F)F)ccc12. The summed E-state index contributed by atoms with van der Waals surface area (Å²) in [7, 11) is 0. The Kier molecular flexibility index (Phi) is 2.94. The summed E-state index contributed by atoms with van der Waals surface area (Å²) in [5.74, 6) is -0.344. The maximum absolute atomic E-state index is 12.5. The fraction of sp³-hybridized carbons (Fsp3) is 0.167. The zero-order chi connectivity index (χ0) is 13.3. The van der Waals surface area contributed by atoms with E-state index >= 15 is 0 Å². The number of benzene rings is 1. The van der Waals surface area contributed by atoms with Crippen molar-refractivity contribution in [3.05, 3.63) is 36.0 Å². The van der Waals surface area contributed by atoms with Crippen LogP contribution in [0.15, 0.2) is 30.5 Å². The first kappa shape index (κ1) is 12.3. The first-order valence-corrected chi connectivity index (χ1v) is 5.02. The highest BCUT2D eigenvalue weighted by Gasteiger charge is 2.30. The number of nitrogens with zero attached hydrogens (tertiary/aromatic N) is 1. The van der Waals surface area contributed by atoms with Crippen LogP contribution in [0.3, 0.4) is 0 Å². The van der Waals surface area contributed by atoms with E-state index in [9.17, 15) is 18.0 Å². The average Bonchev–Trinajstić information content (AvgIpc) is 2.27. The molecule has 0 aliphatic heterocycles. The maximum Gasteiger partial charge on any atom is 0.416 e. The highest BCUT2D eigenvalue weighted by molar-refractivity contribution is 5.87. The Morgan fingerprint density at radius 2 is 2.00 bits per heavy atom. The number of pyridine rings is 1. The number of hydrogen-bond acceptors (Lipinski definition) is 3. The maximum atomic E-state index is 12.5. The number of halogens is 3. The molecule has 6 heteroatoms. The van der Waals surface area contributed by atoms with Gasteiger partial charge in [-0.15, -0.1) is 0 Å². The number of rotatable bonds is 1. The third-order valence-corrected chi connectivity index (χ3v) is 2.28. The summed E-state index contributed by atoms with van der Waals surface area (Å²) in [6, 6.07) is 4.51. The summed E-state index contributed by atoms with van der Waals surface area (Å²) in [5, 5.41) is 0.362. The molecule has 1 aromatic carbocycles. The monoisotopic (exact) mass is 255 g/mol. The molecule has 0 spiro atoms. The second kappa shape index (κ2) is 4.29. The van der Waals surface area contributed by atoms with Crippen molar-refractivity contribution < 1.29 is 22.7 Å². The first-order valence-electron chi connectivity index (χ1n) is 5.02. The zero-order valence-electron chi connectivity index (χ0n) is 9.28. The molecule has 18 heavy (non-hydrogen) atoms. The Labute approximate surface area is 100 Å². The van der Waals surface area contributed by atoms with Gasteiger partial charge in [-0.1, -0.05) is 0 Å². The van der Waals surface area contributed by atoms with Crippen LogP contribution in [0.25, 0.3) is 10.9 Å². The fourth-order valence-corrected chi connectivity index (χ4v) is 1.54. The normalized spacial score (nSPS) is 11.6. The van der Waals surface area contributed by atoms with E-state index in [1.54, 1.807) is 0 Å². The van der Waals surface area contributed by atoms with E-state index in [1.165, 1.54) is 25.3 Å². The molecule has 0 amide bonds. The van der Waals surface area contributed by atoms with Gasteiger partial charge in [0, 0.05) is 18.5 Å². The van der Waals surface area contributed by atoms with E-state index in [-0.39, 0.29) is 11.3 Å². The Hall–Kier alpha value is -2.11. The van der Waals surface area contributed by atoms with Crippen molar-refractivity contribution in [2.45, 2.75) is 13.1 Å². The summed E-state index contributed by atoms with van der Waals surface area (Å²) in [5.41, 5.74) is -0.661. The van der Waals surface area contributed by atoms with Crippen molar-refractivity contribution in [2.24, 2.45) is 0 Å². The number of fused-ring (bicyclic) bond motifs is 1. The van der Waals surface area contributed by atoms with Crippen molar-refractivity contribution in [2.75, 3.05) is 0 Å². The minimum Gasteiger partial charge on any atom is -0.426 e. The standard InChI is InChI=1S/C12H8F3NO2/c1-7(17)18-11-4-5-16-10-6-8(12(13,14)15)2-3-9(10)11/h2-6H,1H3. The summed E-state index contributed by atoms with van der Waals surface area (Å²) < 4.78 is 42.4. The Bertz CT molecular complexity index is 608. The molecule has 0 saturated carbocycles. The molecular formula is C12H8F3NO2. The molecule has 0 atom stereocenters. The van der Waals surface area contributed by atoms with Crippen LogP contribution in [0.4, 0.5) is 13.2 Å². The first-order chi connectivity index (χ1) is 8.38. The smallest absolute Gasteiger partial charge is 0.416 e. The number of ether oxygens (including phenoxy) is 1. The van der Waals surface area contributed by atoms with Crippen LogP contribution in [-0.2, 0) is 11.0 Å². The fourth-order valence-electron chi connectivity index (χ4n) is 1.54. The number of aromatic nitrogens is 1. The van der Waals surface area contributed by atoms with Crippen LogP contribution >= 0.6 is 0 Å². The molecule has 94 valence electrons. The summed E-state index contributed by atoms with van der Waals surface area (Å²) in [6.07, 6.45) is -3.13. The van der Waals surface area contributed by atoms with E-state index in [0.29, 0.717) is 5.39 Å². The quantitative estimate of drug-likeness (QED) is 0.734. The molecule has 0 fully saturated rings. The van der Waals surface area contributed by atoms with E-state index in [1.807, 2.05) is 0 Å². The Morgan fingerprint density at radius 3 is 2.61 bits per heavy atom. The van der Waals surface area contributed by atoms with Gasteiger partial charge in [-0.05, 0) is 24.3 Å². The second-order valence-corrected chi connectivity index (χ2v) is 3.63. The molecule has 3 nitrogen and oxygen atoms in total. The van der Waals surface area contributed by atoms with Gasteiger partial charge in [0.25, 0.3) is 0 Å².